The largest absolute Gasteiger partial charge is 0.440 e. The second-order valence-corrected chi connectivity index (χ2v) is 6.31. The zero-order chi connectivity index (χ0) is 18.5. The molecule has 0 atom stereocenters. The molecule has 0 aliphatic carbocycles. The average Bonchev–Trinajstić information content (AvgIpc) is 3.02. The summed E-state index contributed by atoms with van der Waals surface area (Å²) in [6.07, 6.45) is 0.0747. The van der Waals surface area contributed by atoms with Crippen LogP contribution in [0.15, 0.2) is 52.9 Å². The molecular weight excluding hydrogens is 332 g/mol. The van der Waals surface area contributed by atoms with Crippen molar-refractivity contribution >= 4 is 17.0 Å². The summed E-state index contributed by atoms with van der Waals surface area (Å²) < 4.78 is 10.9. The van der Waals surface area contributed by atoms with Crippen LogP contribution in [0.3, 0.4) is 0 Å². The summed E-state index contributed by atoms with van der Waals surface area (Å²) in [6, 6.07) is 15.2. The number of amides is 1. The number of hydroxylamine groups is 2. The van der Waals surface area contributed by atoms with Crippen LogP contribution in [0.25, 0.3) is 11.1 Å². The molecule has 0 N–H and O–H groups in total. The molecular formula is C20H22N2O4. The van der Waals surface area contributed by atoms with Gasteiger partial charge in [0.05, 0.1) is 6.04 Å². The number of hydrogen-bond acceptors (Lipinski definition) is 5. The third-order valence-electron chi connectivity index (χ3n) is 3.77. The minimum absolute atomic E-state index is 0.0747. The van der Waals surface area contributed by atoms with Crippen LogP contribution in [0.4, 0.5) is 0 Å². The van der Waals surface area contributed by atoms with Crippen molar-refractivity contribution in [2.75, 3.05) is 6.61 Å². The molecule has 2 aromatic carbocycles. The lowest BCUT2D eigenvalue weighted by atomic mass is 10.2. The van der Waals surface area contributed by atoms with Gasteiger partial charge in [0.25, 0.3) is 5.91 Å². The minimum Gasteiger partial charge on any atom is -0.440 e. The molecule has 0 fully saturated rings. The van der Waals surface area contributed by atoms with Crippen LogP contribution < -0.4 is 4.74 Å². The average molecular weight is 354 g/mol. The second-order valence-electron chi connectivity index (χ2n) is 6.31. The van der Waals surface area contributed by atoms with Crippen molar-refractivity contribution in [1.29, 1.82) is 0 Å². The quantitative estimate of drug-likeness (QED) is 0.602. The van der Waals surface area contributed by atoms with Crippen molar-refractivity contribution in [2.45, 2.75) is 33.4 Å². The molecule has 136 valence electrons. The number of nitrogens with zero attached hydrogens (tertiary/aromatic N) is 2. The molecule has 0 unspecified atom stereocenters. The summed E-state index contributed by atoms with van der Waals surface area (Å²) in [5.41, 5.74) is 3.39. The number of aryl methyl sites for hydroxylation is 1. The molecule has 0 radical (unpaired) electrons. The normalized spacial score (nSPS) is 11.1. The van der Waals surface area contributed by atoms with Crippen LogP contribution in [-0.2, 0) is 16.2 Å². The van der Waals surface area contributed by atoms with Crippen LogP contribution in [0, 0.1) is 6.92 Å². The molecule has 0 saturated heterocycles. The fourth-order valence-electron chi connectivity index (χ4n) is 2.49. The van der Waals surface area contributed by atoms with E-state index in [1.807, 2.05) is 69.3 Å². The first-order valence-corrected chi connectivity index (χ1v) is 8.52. The van der Waals surface area contributed by atoms with E-state index in [-0.39, 0.29) is 24.6 Å². The van der Waals surface area contributed by atoms with Gasteiger partial charge in [0.15, 0.2) is 12.2 Å². The zero-order valence-corrected chi connectivity index (χ0v) is 15.1. The number of rotatable bonds is 7. The topological polar surface area (TPSA) is 64.8 Å². The lowest BCUT2D eigenvalue weighted by Crippen LogP contribution is -2.39. The molecule has 3 aromatic rings. The third-order valence-corrected chi connectivity index (χ3v) is 3.77. The Hall–Kier alpha value is -2.86. The van der Waals surface area contributed by atoms with Crippen LogP contribution in [0.2, 0.25) is 0 Å². The minimum atomic E-state index is -0.297. The van der Waals surface area contributed by atoms with Gasteiger partial charge in [-0.2, -0.15) is 4.98 Å². The zero-order valence-electron chi connectivity index (χ0n) is 15.1. The van der Waals surface area contributed by atoms with E-state index in [0.717, 1.165) is 11.1 Å². The van der Waals surface area contributed by atoms with Crippen molar-refractivity contribution in [1.82, 2.24) is 10.0 Å². The van der Waals surface area contributed by atoms with Crippen molar-refractivity contribution in [3.8, 4) is 6.08 Å². The van der Waals surface area contributed by atoms with E-state index in [9.17, 15) is 4.79 Å². The van der Waals surface area contributed by atoms with E-state index in [1.165, 1.54) is 5.06 Å². The molecule has 1 aromatic heterocycles. The van der Waals surface area contributed by atoms with Crippen LogP contribution >= 0.6 is 0 Å². The Kier molecular flexibility index (Phi) is 5.53. The number of oxazole rings is 1. The van der Waals surface area contributed by atoms with E-state index >= 15 is 0 Å². The van der Waals surface area contributed by atoms with Crippen LogP contribution in [0.5, 0.6) is 6.08 Å². The first-order chi connectivity index (χ1) is 12.5. The van der Waals surface area contributed by atoms with Crippen molar-refractivity contribution in [3.63, 3.8) is 0 Å². The molecule has 6 nitrogen and oxygen atoms in total. The third kappa shape index (κ3) is 4.40. The number of carbonyl (C=O) groups excluding carboxylic acids is 1. The molecule has 3 rings (SSSR count). The van der Waals surface area contributed by atoms with Gasteiger partial charge in [0.2, 0.25) is 0 Å². The maximum absolute atomic E-state index is 12.5. The lowest BCUT2D eigenvalue weighted by Gasteiger charge is -2.25. The molecule has 26 heavy (non-hydrogen) atoms. The predicted molar refractivity (Wildman–Crippen MR) is 97.5 cm³/mol. The summed E-state index contributed by atoms with van der Waals surface area (Å²) >= 11 is 0. The first-order valence-electron chi connectivity index (χ1n) is 8.52. The molecule has 6 heteroatoms. The second kappa shape index (κ2) is 8.01. The number of fused-ring (bicyclic) bond motifs is 1. The van der Waals surface area contributed by atoms with Gasteiger partial charge in [0, 0.05) is 0 Å². The Morgan fingerprint density at radius 2 is 1.96 bits per heavy atom. The Bertz CT molecular complexity index is 874. The number of benzene rings is 2. The maximum Gasteiger partial charge on any atom is 0.395 e. The highest BCUT2D eigenvalue weighted by molar-refractivity contribution is 5.77. The first kappa shape index (κ1) is 17.9. The van der Waals surface area contributed by atoms with Gasteiger partial charge in [-0.1, -0.05) is 36.4 Å². The summed E-state index contributed by atoms with van der Waals surface area (Å²) in [5, 5.41) is 1.32. The van der Waals surface area contributed by atoms with E-state index < -0.39 is 0 Å². The fraction of sp³-hybridized carbons (Fsp3) is 0.300. The summed E-state index contributed by atoms with van der Waals surface area (Å²) in [6.45, 7) is 5.84. The highest BCUT2D eigenvalue weighted by atomic mass is 16.7. The van der Waals surface area contributed by atoms with Gasteiger partial charge < -0.3 is 9.15 Å². The van der Waals surface area contributed by atoms with Gasteiger partial charge >= 0.3 is 6.08 Å². The lowest BCUT2D eigenvalue weighted by molar-refractivity contribution is -0.204. The van der Waals surface area contributed by atoms with Gasteiger partial charge in [-0.15, -0.1) is 0 Å². The number of carbonyl (C=O) groups is 1. The molecule has 0 aliphatic rings. The Morgan fingerprint density at radius 1 is 1.19 bits per heavy atom. The standard InChI is InChI=1S/C20H22N2O4/c1-14(2)22(25-12-16-7-5-4-6-8-16)19(23)13-24-20-21-17-11-15(3)9-10-18(17)26-20/h4-11,14H,12-13H2,1-3H3. The summed E-state index contributed by atoms with van der Waals surface area (Å²) in [7, 11) is 0. The van der Waals surface area contributed by atoms with Crippen molar-refractivity contribution < 1.29 is 18.8 Å². The van der Waals surface area contributed by atoms with E-state index in [4.69, 9.17) is 14.0 Å². The summed E-state index contributed by atoms with van der Waals surface area (Å²) in [4.78, 5) is 22.4. The number of ether oxygens (including phenoxy) is 1. The molecule has 0 saturated carbocycles. The van der Waals surface area contributed by atoms with E-state index in [1.54, 1.807) is 0 Å². The number of aromatic nitrogens is 1. The van der Waals surface area contributed by atoms with Gasteiger partial charge in [-0.05, 0) is 44.0 Å². The molecule has 1 amide bonds. The Morgan fingerprint density at radius 3 is 2.69 bits per heavy atom. The van der Waals surface area contributed by atoms with E-state index in [2.05, 4.69) is 4.98 Å². The fourth-order valence-corrected chi connectivity index (χ4v) is 2.49. The van der Waals surface area contributed by atoms with Gasteiger partial charge in [0.1, 0.15) is 12.1 Å². The monoisotopic (exact) mass is 354 g/mol. The molecule has 0 bridgehead atoms. The van der Waals surface area contributed by atoms with Crippen LogP contribution in [-0.4, -0.2) is 28.6 Å². The van der Waals surface area contributed by atoms with Crippen molar-refractivity contribution in [3.05, 3.63) is 59.7 Å². The van der Waals surface area contributed by atoms with Gasteiger partial charge in [-0.3, -0.25) is 9.63 Å². The molecule has 0 aliphatic heterocycles. The number of hydrogen-bond donors (Lipinski definition) is 0. The van der Waals surface area contributed by atoms with Crippen LogP contribution in [0.1, 0.15) is 25.0 Å². The molecule has 0 spiro atoms. The highest BCUT2D eigenvalue weighted by Crippen LogP contribution is 2.21. The Labute approximate surface area is 152 Å². The maximum atomic E-state index is 12.5. The predicted octanol–water partition coefficient (Wildman–Crippen LogP) is 3.88. The SMILES string of the molecule is Cc1ccc2oc(OCC(=O)N(OCc3ccccc3)C(C)C)nc2c1. The summed E-state index contributed by atoms with van der Waals surface area (Å²) in [5.74, 6) is -0.297. The molecule has 1 heterocycles. The highest BCUT2D eigenvalue weighted by Gasteiger charge is 2.20. The van der Waals surface area contributed by atoms with E-state index in [0.29, 0.717) is 17.7 Å². The smallest absolute Gasteiger partial charge is 0.395 e. The Balaban J connectivity index is 1.60. The van der Waals surface area contributed by atoms with Crippen molar-refractivity contribution in [2.24, 2.45) is 0 Å². The van der Waals surface area contributed by atoms with Gasteiger partial charge in [-0.25, -0.2) is 5.06 Å².